The fourth-order valence-electron chi connectivity index (χ4n) is 3.67. The maximum Gasteiger partial charge on any atom is 0.338 e. The van der Waals surface area contributed by atoms with E-state index >= 15 is 0 Å². The number of halogens is 1. The number of carbonyl (C=O) groups is 3. The van der Waals surface area contributed by atoms with E-state index in [-0.39, 0.29) is 13.0 Å². The molecule has 0 bridgehead atoms. The molecule has 5 nitrogen and oxygen atoms in total. The summed E-state index contributed by atoms with van der Waals surface area (Å²) in [6, 6.07) is 15.1. The number of imide groups is 2. The molecule has 0 N–H and O–H groups in total. The number of hydrogen-bond donors (Lipinski definition) is 0. The molecule has 1 aliphatic heterocycles. The van der Waals surface area contributed by atoms with E-state index in [0.29, 0.717) is 10.7 Å². The van der Waals surface area contributed by atoms with Crippen LogP contribution in [-0.2, 0) is 16.1 Å². The highest BCUT2D eigenvalue weighted by Crippen LogP contribution is 2.30. The van der Waals surface area contributed by atoms with Gasteiger partial charge >= 0.3 is 6.03 Å². The molecule has 0 radical (unpaired) electrons. The highest BCUT2D eigenvalue weighted by atomic mass is 35.5. The summed E-state index contributed by atoms with van der Waals surface area (Å²) in [4.78, 5) is 42.2. The van der Waals surface area contributed by atoms with Gasteiger partial charge in [-0.3, -0.25) is 14.5 Å². The second kappa shape index (κ2) is 9.14. The lowest BCUT2D eigenvalue weighted by Crippen LogP contribution is -2.59. The lowest BCUT2D eigenvalue weighted by atomic mass is 9.93. The Bertz CT molecular complexity index is 1090. The predicted octanol–water partition coefficient (Wildman–Crippen LogP) is 5.28. The number of nitrogens with zero attached hydrogens (tertiary/aromatic N) is 2. The summed E-state index contributed by atoms with van der Waals surface area (Å²) < 4.78 is 0. The van der Waals surface area contributed by atoms with Gasteiger partial charge in [0.25, 0.3) is 0 Å². The van der Waals surface area contributed by atoms with Crippen molar-refractivity contribution in [1.29, 1.82) is 0 Å². The number of barbiturate groups is 1. The zero-order valence-electron chi connectivity index (χ0n) is 16.8. The van der Waals surface area contributed by atoms with E-state index in [2.05, 4.69) is 0 Å². The summed E-state index contributed by atoms with van der Waals surface area (Å²) in [5.41, 5.74) is 2.07. The van der Waals surface area contributed by atoms with Gasteiger partial charge in [0.1, 0.15) is 5.92 Å². The lowest BCUT2D eigenvalue weighted by molar-refractivity contribution is -0.141. The second-order valence-electron chi connectivity index (χ2n) is 7.41. The Morgan fingerprint density at radius 2 is 1.65 bits per heavy atom. The Hall–Kier alpha value is -3.44. The molecule has 2 aromatic carbocycles. The highest BCUT2D eigenvalue weighted by molar-refractivity contribution is 6.31. The molecular weight excluding hydrogens is 412 g/mol. The molecule has 0 saturated carbocycles. The van der Waals surface area contributed by atoms with Gasteiger partial charge in [0.15, 0.2) is 0 Å². The third kappa shape index (κ3) is 4.52. The summed E-state index contributed by atoms with van der Waals surface area (Å²) in [6.07, 6.45) is 10.7. The van der Waals surface area contributed by atoms with Crippen LogP contribution in [0.5, 0.6) is 0 Å². The molecule has 0 aromatic heterocycles. The number of benzene rings is 2. The minimum absolute atomic E-state index is 0.0984. The van der Waals surface area contributed by atoms with Crippen LogP contribution < -0.4 is 4.90 Å². The SMILES string of the molecule is O=C1C(CC2=CC=CCC=C2)C(=O)N(c2ccc(Cl)cc2)C(=O)N1Cc1ccccc1. The topological polar surface area (TPSA) is 57.7 Å². The van der Waals surface area contributed by atoms with Crippen LogP contribution in [0.15, 0.2) is 90.6 Å². The molecule has 1 fully saturated rings. The largest absolute Gasteiger partial charge is 0.338 e. The van der Waals surface area contributed by atoms with E-state index < -0.39 is 23.8 Å². The lowest BCUT2D eigenvalue weighted by Gasteiger charge is -2.37. The summed E-state index contributed by atoms with van der Waals surface area (Å²) in [5, 5.41) is 0.495. The first-order valence-electron chi connectivity index (χ1n) is 10.1. The Balaban J connectivity index is 1.71. The third-order valence-electron chi connectivity index (χ3n) is 5.26. The molecular formula is C25H21ClN2O3. The quantitative estimate of drug-likeness (QED) is 0.603. The van der Waals surface area contributed by atoms with Crippen molar-refractivity contribution in [1.82, 2.24) is 4.90 Å². The molecule has 1 heterocycles. The van der Waals surface area contributed by atoms with E-state index in [1.165, 1.54) is 0 Å². The predicted molar refractivity (Wildman–Crippen MR) is 120 cm³/mol. The van der Waals surface area contributed by atoms with E-state index in [1.54, 1.807) is 24.3 Å². The fourth-order valence-corrected chi connectivity index (χ4v) is 3.79. The number of rotatable bonds is 5. The monoisotopic (exact) mass is 432 g/mol. The first-order chi connectivity index (χ1) is 15.0. The molecule has 1 saturated heterocycles. The standard InChI is InChI=1S/C25H21ClN2O3/c26-20-12-14-21(15-13-20)28-24(30)22(16-18-8-4-1-2-5-9-18)23(29)27(25(28)31)17-19-10-6-3-7-11-19/h1,3-15,22H,2,16-17H2. The van der Waals surface area contributed by atoms with Gasteiger partial charge in [-0.2, -0.15) is 0 Å². The molecule has 0 spiro atoms. The van der Waals surface area contributed by atoms with E-state index in [9.17, 15) is 14.4 Å². The van der Waals surface area contributed by atoms with Crippen molar-refractivity contribution < 1.29 is 14.4 Å². The van der Waals surface area contributed by atoms with Crippen LogP contribution in [0.1, 0.15) is 18.4 Å². The van der Waals surface area contributed by atoms with Crippen molar-refractivity contribution in [2.24, 2.45) is 5.92 Å². The number of allylic oxidation sites excluding steroid dienone is 6. The maximum absolute atomic E-state index is 13.3. The van der Waals surface area contributed by atoms with Crippen molar-refractivity contribution in [3.8, 4) is 0 Å². The van der Waals surface area contributed by atoms with Crippen molar-refractivity contribution >= 4 is 35.1 Å². The Morgan fingerprint density at radius 3 is 2.39 bits per heavy atom. The highest BCUT2D eigenvalue weighted by Gasteiger charge is 2.46. The molecule has 2 aliphatic rings. The van der Waals surface area contributed by atoms with E-state index in [4.69, 9.17) is 11.6 Å². The first-order valence-corrected chi connectivity index (χ1v) is 10.4. The number of anilines is 1. The molecule has 6 heteroatoms. The minimum atomic E-state index is -0.987. The number of hydrogen-bond acceptors (Lipinski definition) is 3. The van der Waals surface area contributed by atoms with Gasteiger partial charge in [0.2, 0.25) is 11.8 Å². The van der Waals surface area contributed by atoms with Crippen LogP contribution in [0.4, 0.5) is 10.5 Å². The normalized spacial score (nSPS) is 18.9. The fraction of sp³-hybridized carbons (Fsp3) is 0.160. The van der Waals surface area contributed by atoms with Crippen LogP contribution in [-0.4, -0.2) is 22.7 Å². The molecule has 31 heavy (non-hydrogen) atoms. The van der Waals surface area contributed by atoms with Gasteiger partial charge in [-0.15, -0.1) is 0 Å². The van der Waals surface area contributed by atoms with Crippen molar-refractivity contribution in [2.75, 3.05) is 4.90 Å². The van der Waals surface area contributed by atoms with Gasteiger partial charge in [-0.05, 0) is 48.2 Å². The average Bonchev–Trinajstić information content (AvgIpc) is 3.05. The van der Waals surface area contributed by atoms with Crippen LogP contribution in [0.2, 0.25) is 5.02 Å². The van der Waals surface area contributed by atoms with Crippen molar-refractivity contribution in [2.45, 2.75) is 19.4 Å². The summed E-state index contributed by atoms with van der Waals surface area (Å²) >= 11 is 5.98. The van der Waals surface area contributed by atoms with E-state index in [0.717, 1.165) is 27.4 Å². The molecule has 2 aromatic rings. The van der Waals surface area contributed by atoms with E-state index in [1.807, 2.05) is 60.7 Å². The number of amides is 4. The Kier molecular flexibility index (Phi) is 6.14. The zero-order valence-corrected chi connectivity index (χ0v) is 17.5. The molecule has 4 rings (SSSR count). The van der Waals surface area contributed by atoms with Crippen LogP contribution in [0.25, 0.3) is 0 Å². The minimum Gasteiger partial charge on any atom is -0.273 e. The first kappa shape index (κ1) is 20.8. The summed E-state index contributed by atoms with van der Waals surface area (Å²) in [5.74, 6) is -1.99. The Morgan fingerprint density at radius 1 is 0.903 bits per heavy atom. The smallest absolute Gasteiger partial charge is 0.273 e. The summed E-state index contributed by atoms with van der Waals surface area (Å²) in [7, 11) is 0. The Labute approximate surface area is 185 Å². The van der Waals surface area contributed by atoms with Gasteiger partial charge in [-0.25, -0.2) is 9.69 Å². The van der Waals surface area contributed by atoms with Crippen LogP contribution in [0.3, 0.4) is 0 Å². The molecule has 1 aliphatic carbocycles. The average molecular weight is 433 g/mol. The summed E-state index contributed by atoms with van der Waals surface area (Å²) in [6.45, 7) is 0.0984. The van der Waals surface area contributed by atoms with Gasteiger partial charge < -0.3 is 0 Å². The molecule has 4 amide bonds. The van der Waals surface area contributed by atoms with Gasteiger partial charge in [-0.1, -0.05) is 72.3 Å². The number of carbonyl (C=O) groups excluding carboxylic acids is 3. The third-order valence-corrected chi connectivity index (χ3v) is 5.52. The molecule has 1 atom stereocenters. The van der Waals surface area contributed by atoms with Gasteiger partial charge in [0.05, 0.1) is 12.2 Å². The zero-order chi connectivity index (χ0) is 21.8. The molecule has 156 valence electrons. The van der Waals surface area contributed by atoms with Crippen LogP contribution >= 0.6 is 11.6 Å². The second-order valence-corrected chi connectivity index (χ2v) is 7.84. The molecule has 1 unspecified atom stereocenters. The van der Waals surface area contributed by atoms with Crippen molar-refractivity contribution in [3.05, 3.63) is 101 Å². The maximum atomic E-state index is 13.3. The number of urea groups is 1. The van der Waals surface area contributed by atoms with Gasteiger partial charge in [0, 0.05) is 5.02 Å². The van der Waals surface area contributed by atoms with Crippen molar-refractivity contribution in [3.63, 3.8) is 0 Å². The van der Waals surface area contributed by atoms with Crippen LogP contribution in [0, 0.1) is 5.92 Å².